The molecule has 0 radical (unpaired) electrons. The summed E-state index contributed by atoms with van der Waals surface area (Å²) in [6, 6.07) is 17.9. The first kappa shape index (κ1) is 31.4. The van der Waals surface area contributed by atoms with E-state index in [1.54, 1.807) is 31.2 Å². The number of hydrogen-bond donors (Lipinski definition) is 1. The van der Waals surface area contributed by atoms with Crippen LogP contribution in [0, 0.1) is 24.7 Å². The fourth-order valence-corrected chi connectivity index (χ4v) is 8.46. The number of aliphatic hydroxyl groups excluding tert-OH is 1. The first-order valence-electron chi connectivity index (χ1n) is 16.6. The number of rotatable bonds is 11. The lowest BCUT2D eigenvalue weighted by Crippen LogP contribution is -2.43. The third-order valence-electron chi connectivity index (χ3n) is 10.9. The second kappa shape index (κ2) is 13.4. The number of ketones is 2. The summed E-state index contributed by atoms with van der Waals surface area (Å²) in [6.07, 6.45) is 7.92. The molecule has 0 aliphatic heterocycles. The molecular weight excluding hydrogens is 566 g/mol. The number of nitrogens with zero attached hydrogens (tertiary/aromatic N) is 1. The third-order valence-corrected chi connectivity index (χ3v) is 10.9. The Bertz CT molecular complexity index is 1520. The Morgan fingerprint density at radius 2 is 1.71 bits per heavy atom. The van der Waals surface area contributed by atoms with E-state index < -0.39 is 6.10 Å². The van der Waals surface area contributed by atoms with Gasteiger partial charge in [-0.25, -0.2) is 0 Å². The van der Waals surface area contributed by atoms with Crippen LogP contribution in [0.3, 0.4) is 0 Å². The van der Waals surface area contributed by atoms with Crippen molar-refractivity contribution >= 4 is 23.2 Å². The molecule has 3 aromatic rings. The van der Waals surface area contributed by atoms with Crippen LogP contribution in [0.2, 0.25) is 0 Å². The molecule has 1 amide bonds. The number of methoxy groups -OCH3 is 1. The highest BCUT2D eigenvalue weighted by atomic mass is 16.5. The van der Waals surface area contributed by atoms with Crippen LogP contribution in [-0.4, -0.2) is 48.9 Å². The first-order chi connectivity index (χ1) is 21.8. The summed E-state index contributed by atoms with van der Waals surface area (Å²) in [4.78, 5) is 41.3. The number of aryl methyl sites for hydroxylation is 1. The Labute approximate surface area is 266 Å². The van der Waals surface area contributed by atoms with Gasteiger partial charge in [0, 0.05) is 43.7 Å². The summed E-state index contributed by atoms with van der Waals surface area (Å²) in [7, 11) is 3.31. The van der Waals surface area contributed by atoms with Crippen LogP contribution in [0.15, 0.2) is 65.3 Å². The molecule has 1 heterocycles. The van der Waals surface area contributed by atoms with E-state index in [1.165, 1.54) is 17.4 Å². The SMILES string of the molecule is COC1C2CC(C(CCCCC(=O)c3ccc(C4CCC(c5ccccc5C)CC4)c(N(C)C(=O)c4ccco4)c3)C2=O)C1O. The van der Waals surface area contributed by atoms with Crippen LogP contribution >= 0.6 is 0 Å². The summed E-state index contributed by atoms with van der Waals surface area (Å²) in [5, 5.41) is 10.6. The van der Waals surface area contributed by atoms with E-state index in [2.05, 4.69) is 37.3 Å². The van der Waals surface area contributed by atoms with Crippen molar-refractivity contribution in [3.8, 4) is 0 Å². The molecule has 45 heavy (non-hydrogen) atoms. The van der Waals surface area contributed by atoms with E-state index >= 15 is 0 Å². The largest absolute Gasteiger partial charge is 0.459 e. The van der Waals surface area contributed by atoms with Crippen molar-refractivity contribution < 1.29 is 28.6 Å². The first-order valence-corrected chi connectivity index (χ1v) is 16.6. The number of hydrogen-bond acceptors (Lipinski definition) is 6. The zero-order valence-corrected chi connectivity index (χ0v) is 26.6. The Hall–Kier alpha value is -3.55. The zero-order chi connectivity index (χ0) is 31.7. The number of benzene rings is 2. The molecule has 3 fully saturated rings. The van der Waals surface area contributed by atoms with Crippen molar-refractivity contribution in [3.63, 3.8) is 0 Å². The highest BCUT2D eigenvalue weighted by Gasteiger charge is 2.57. The average Bonchev–Trinajstić information content (AvgIpc) is 3.79. The standard InChI is InChI=1S/C38H45NO6/c1-23-9-4-5-10-27(23)24-14-16-25(17-15-24)28-19-18-26(21-32(28)39(2)38(43)34-13-8-20-45-34)33(40)12-7-6-11-29-30-22-31(35(29)41)37(44-3)36(30)42/h4-5,8-10,13,18-21,24-25,29-31,36-37,42H,6-7,11-12,14-17,22H2,1-3H3. The number of fused-ring (bicyclic) bond motifs is 2. The van der Waals surface area contributed by atoms with Gasteiger partial charge >= 0.3 is 0 Å². The number of Topliss-reactive ketones (excluding diaryl/α,β-unsaturated/α-hetero) is 2. The van der Waals surface area contributed by atoms with Crippen LogP contribution in [0.5, 0.6) is 0 Å². The maximum atomic E-state index is 13.4. The van der Waals surface area contributed by atoms with E-state index in [9.17, 15) is 19.5 Å². The maximum absolute atomic E-state index is 13.4. The van der Waals surface area contributed by atoms with Gasteiger partial charge in [0.2, 0.25) is 0 Å². The molecule has 2 aromatic carbocycles. The molecule has 6 rings (SSSR count). The average molecular weight is 612 g/mol. The Kier molecular flexibility index (Phi) is 9.39. The zero-order valence-electron chi connectivity index (χ0n) is 26.6. The van der Waals surface area contributed by atoms with Gasteiger partial charge in [-0.2, -0.15) is 0 Å². The molecule has 5 atom stereocenters. The molecule has 1 N–H and O–H groups in total. The highest BCUT2D eigenvalue weighted by Crippen LogP contribution is 2.49. The molecule has 1 aromatic heterocycles. The number of unbranched alkanes of at least 4 members (excludes halogenated alkanes) is 1. The van der Waals surface area contributed by atoms with E-state index in [0.29, 0.717) is 43.1 Å². The fourth-order valence-electron chi connectivity index (χ4n) is 8.46. The molecule has 0 spiro atoms. The third kappa shape index (κ3) is 6.17. The van der Waals surface area contributed by atoms with Gasteiger partial charge in [0.05, 0.1) is 18.5 Å². The lowest BCUT2D eigenvalue weighted by atomic mass is 9.74. The Morgan fingerprint density at radius 1 is 0.978 bits per heavy atom. The molecule has 5 unspecified atom stereocenters. The van der Waals surface area contributed by atoms with Crippen LogP contribution in [-0.2, 0) is 9.53 Å². The maximum Gasteiger partial charge on any atom is 0.293 e. The summed E-state index contributed by atoms with van der Waals surface area (Å²) in [5.74, 6) is 0.721. The van der Waals surface area contributed by atoms with Gasteiger partial charge in [0.15, 0.2) is 11.5 Å². The molecule has 0 saturated heterocycles. The normalized spacial score (nSPS) is 27.6. The fraction of sp³-hybridized carbons (Fsp3) is 0.500. The number of anilines is 1. The van der Waals surface area contributed by atoms with Gasteiger partial charge in [0.1, 0.15) is 5.78 Å². The van der Waals surface area contributed by atoms with Gasteiger partial charge in [0.25, 0.3) is 5.91 Å². The van der Waals surface area contributed by atoms with Crippen molar-refractivity contribution in [2.45, 2.75) is 88.8 Å². The molecule has 3 aliphatic carbocycles. The molecule has 238 valence electrons. The van der Waals surface area contributed by atoms with Crippen LogP contribution < -0.4 is 4.90 Å². The van der Waals surface area contributed by atoms with E-state index in [4.69, 9.17) is 9.15 Å². The lowest BCUT2D eigenvalue weighted by molar-refractivity contribution is -0.138. The molecule has 3 saturated carbocycles. The van der Waals surface area contributed by atoms with Crippen LogP contribution in [0.1, 0.15) is 107 Å². The Morgan fingerprint density at radius 3 is 2.40 bits per heavy atom. The monoisotopic (exact) mass is 611 g/mol. The summed E-state index contributed by atoms with van der Waals surface area (Å²) in [5.41, 5.74) is 5.22. The molecule has 2 bridgehead atoms. The highest BCUT2D eigenvalue weighted by molar-refractivity contribution is 6.05. The smallest absolute Gasteiger partial charge is 0.293 e. The van der Waals surface area contributed by atoms with Crippen molar-refractivity contribution in [2.24, 2.45) is 17.8 Å². The van der Waals surface area contributed by atoms with E-state index in [-0.39, 0.29) is 47.1 Å². The Balaban J connectivity index is 1.13. The minimum absolute atomic E-state index is 0.0312. The number of aliphatic hydroxyl groups is 1. The quantitative estimate of drug-likeness (QED) is 0.181. The summed E-state index contributed by atoms with van der Waals surface area (Å²) >= 11 is 0. The topological polar surface area (TPSA) is 97.0 Å². The van der Waals surface area contributed by atoms with E-state index in [0.717, 1.165) is 43.4 Å². The van der Waals surface area contributed by atoms with Crippen LogP contribution in [0.25, 0.3) is 0 Å². The molecule has 7 nitrogen and oxygen atoms in total. The van der Waals surface area contributed by atoms with Gasteiger partial charge < -0.3 is 19.2 Å². The minimum atomic E-state index is -0.584. The van der Waals surface area contributed by atoms with Gasteiger partial charge in [-0.1, -0.05) is 42.8 Å². The second-order valence-corrected chi connectivity index (χ2v) is 13.4. The molecular formula is C38H45NO6. The van der Waals surface area contributed by atoms with Gasteiger partial charge in [-0.15, -0.1) is 0 Å². The van der Waals surface area contributed by atoms with Crippen molar-refractivity contribution in [2.75, 3.05) is 19.1 Å². The number of carbonyl (C=O) groups is 3. The van der Waals surface area contributed by atoms with Gasteiger partial charge in [-0.3, -0.25) is 14.4 Å². The number of carbonyl (C=O) groups excluding carboxylic acids is 3. The number of furan rings is 1. The van der Waals surface area contributed by atoms with E-state index in [1.807, 2.05) is 12.1 Å². The summed E-state index contributed by atoms with van der Waals surface area (Å²) < 4.78 is 10.8. The minimum Gasteiger partial charge on any atom is -0.459 e. The number of amides is 1. The number of ether oxygens (including phenoxy) is 1. The second-order valence-electron chi connectivity index (χ2n) is 13.4. The molecule has 7 heteroatoms. The van der Waals surface area contributed by atoms with Gasteiger partial charge in [-0.05, 0) is 105 Å². The molecule has 3 aliphatic rings. The van der Waals surface area contributed by atoms with Crippen LogP contribution in [0.4, 0.5) is 5.69 Å². The predicted molar refractivity (Wildman–Crippen MR) is 173 cm³/mol. The van der Waals surface area contributed by atoms with Crippen molar-refractivity contribution in [1.82, 2.24) is 0 Å². The van der Waals surface area contributed by atoms with Crippen molar-refractivity contribution in [3.05, 3.63) is 88.9 Å². The lowest BCUT2D eigenvalue weighted by Gasteiger charge is -2.32. The van der Waals surface area contributed by atoms with Crippen molar-refractivity contribution in [1.29, 1.82) is 0 Å². The summed E-state index contributed by atoms with van der Waals surface area (Å²) in [6.45, 7) is 2.18. The predicted octanol–water partition coefficient (Wildman–Crippen LogP) is 7.26.